The fourth-order valence-electron chi connectivity index (χ4n) is 3.78. The van der Waals surface area contributed by atoms with Crippen molar-refractivity contribution in [2.75, 3.05) is 26.7 Å². The zero-order valence-corrected chi connectivity index (χ0v) is 15.6. The first-order chi connectivity index (χ1) is 13.2. The van der Waals surface area contributed by atoms with Gasteiger partial charge in [0.2, 0.25) is 0 Å². The van der Waals surface area contributed by atoms with Gasteiger partial charge in [-0.15, -0.1) is 0 Å². The van der Waals surface area contributed by atoms with Crippen LogP contribution >= 0.6 is 0 Å². The molecule has 1 saturated heterocycles. The number of carbonyl (C=O) groups is 1. The van der Waals surface area contributed by atoms with Crippen molar-refractivity contribution >= 4 is 11.6 Å². The summed E-state index contributed by atoms with van der Waals surface area (Å²) in [5.41, 5.74) is 1.90. The third-order valence-electron chi connectivity index (χ3n) is 5.27. The highest BCUT2D eigenvalue weighted by atomic mass is 16.5. The summed E-state index contributed by atoms with van der Waals surface area (Å²) in [4.78, 5) is 15.2. The smallest absolute Gasteiger partial charge is 0.257 e. The Morgan fingerprint density at radius 3 is 2.63 bits per heavy atom. The van der Waals surface area contributed by atoms with E-state index in [4.69, 9.17) is 9.15 Å². The summed E-state index contributed by atoms with van der Waals surface area (Å²) < 4.78 is 10.8. The molecule has 2 aliphatic heterocycles. The molecule has 0 N–H and O–H groups in total. The van der Waals surface area contributed by atoms with E-state index in [-0.39, 0.29) is 11.9 Å². The Morgan fingerprint density at radius 2 is 1.96 bits per heavy atom. The van der Waals surface area contributed by atoms with Crippen molar-refractivity contribution in [1.29, 1.82) is 0 Å². The summed E-state index contributed by atoms with van der Waals surface area (Å²) >= 11 is 0. The fourth-order valence-corrected chi connectivity index (χ4v) is 3.78. The van der Waals surface area contributed by atoms with E-state index >= 15 is 0 Å². The fraction of sp³-hybridized carbons (Fsp3) is 0.429. The van der Waals surface area contributed by atoms with Crippen molar-refractivity contribution in [1.82, 2.24) is 9.91 Å². The largest absolute Gasteiger partial charge is 0.497 e. The van der Waals surface area contributed by atoms with Gasteiger partial charge in [0, 0.05) is 6.42 Å². The Kier molecular flexibility index (Phi) is 5.25. The van der Waals surface area contributed by atoms with Gasteiger partial charge in [0.1, 0.15) is 17.6 Å². The first-order valence-corrected chi connectivity index (χ1v) is 9.54. The third kappa shape index (κ3) is 3.90. The molecule has 1 amide bonds. The Hall–Kier alpha value is -2.60. The quantitative estimate of drug-likeness (QED) is 0.812. The van der Waals surface area contributed by atoms with Gasteiger partial charge < -0.3 is 9.15 Å². The van der Waals surface area contributed by atoms with Crippen molar-refractivity contribution in [2.24, 2.45) is 5.10 Å². The molecule has 1 aromatic heterocycles. The molecule has 1 atom stereocenters. The topological polar surface area (TPSA) is 58.3 Å². The van der Waals surface area contributed by atoms with E-state index in [1.165, 1.54) is 6.42 Å². The number of benzene rings is 1. The molecule has 2 aliphatic rings. The van der Waals surface area contributed by atoms with Gasteiger partial charge in [0.05, 0.1) is 25.6 Å². The predicted molar refractivity (Wildman–Crippen MR) is 103 cm³/mol. The Labute approximate surface area is 159 Å². The number of hydrogen-bond donors (Lipinski definition) is 0. The van der Waals surface area contributed by atoms with Crippen molar-refractivity contribution < 1.29 is 13.9 Å². The minimum absolute atomic E-state index is 0.0295. The number of hydrogen-bond acceptors (Lipinski definition) is 5. The van der Waals surface area contributed by atoms with Gasteiger partial charge in [-0.25, -0.2) is 5.01 Å². The van der Waals surface area contributed by atoms with E-state index in [2.05, 4.69) is 10.0 Å². The zero-order chi connectivity index (χ0) is 18.6. The number of furan rings is 1. The van der Waals surface area contributed by atoms with Crippen LogP contribution in [0.25, 0.3) is 0 Å². The van der Waals surface area contributed by atoms with Gasteiger partial charge >= 0.3 is 0 Å². The van der Waals surface area contributed by atoms with E-state index < -0.39 is 0 Å². The van der Waals surface area contributed by atoms with Gasteiger partial charge in [-0.1, -0.05) is 6.42 Å². The number of hydrazone groups is 1. The van der Waals surface area contributed by atoms with E-state index in [1.54, 1.807) is 18.4 Å². The maximum atomic E-state index is 13.0. The summed E-state index contributed by atoms with van der Waals surface area (Å²) in [6.07, 6.45) is 5.87. The first kappa shape index (κ1) is 17.8. The van der Waals surface area contributed by atoms with Crippen molar-refractivity contribution in [2.45, 2.75) is 31.7 Å². The lowest BCUT2D eigenvalue weighted by molar-refractivity contribution is -0.134. The van der Waals surface area contributed by atoms with Crippen molar-refractivity contribution in [3.8, 4) is 5.75 Å². The molecular formula is C21H25N3O3. The standard InChI is InChI=1S/C21H25N3O3/c1-26-17-9-7-16(8-10-17)18-14-19(20-6-5-13-27-20)24(22-18)21(25)15-23-11-3-2-4-12-23/h5-10,13,19H,2-4,11-12,14-15H2,1H3. The van der Waals surface area contributed by atoms with Crippen LogP contribution in [0, 0.1) is 0 Å². The van der Waals surface area contributed by atoms with Gasteiger partial charge in [-0.2, -0.15) is 5.10 Å². The summed E-state index contributed by atoms with van der Waals surface area (Å²) in [5.74, 6) is 1.61. The maximum Gasteiger partial charge on any atom is 0.257 e. The summed E-state index contributed by atoms with van der Waals surface area (Å²) in [7, 11) is 1.65. The summed E-state index contributed by atoms with van der Waals surface area (Å²) in [6.45, 7) is 2.39. The molecular weight excluding hydrogens is 342 g/mol. The third-order valence-corrected chi connectivity index (χ3v) is 5.27. The number of methoxy groups -OCH3 is 1. The highest BCUT2D eigenvalue weighted by Crippen LogP contribution is 2.33. The van der Waals surface area contributed by atoms with Gasteiger partial charge in [-0.3, -0.25) is 9.69 Å². The van der Waals surface area contributed by atoms with Crippen LogP contribution in [0.5, 0.6) is 5.75 Å². The molecule has 142 valence electrons. The van der Waals surface area contributed by atoms with Crippen LogP contribution in [0.2, 0.25) is 0 Å². The molecule has 0 bridgehead atoms. The minimum Gasteiger partial charge on any atom is -0.497 e. The van der Waals surface area contributed by atoms with Crippen molar-refractivity contribution in [3.63, 3.8) is 0 Å². The second kappa shape index (κ2) is 7.96. The number of piperidine rings is 1. The van der Waals surface area contributed by atoms with Crippen LogP contribution in [0.4, 0.5) is 0 Å². The minimum atomic E-state index is -0.186. The monoisotopic (exact) mass is 367 g/mol. The van der Waals surface area contributed by atoms with E-state index in [0.29, 0.717) is 13.0 Å². The molecule has 4 rings (SSSR count). The average molecular weight is 367 g/mol. The average Bonchev–Trinajstić information content (AvgIpc) is 3.38. The second-order valence-corrected chi connectivity index (χ2v) is 7.09. The number of nitrogens with zero attached hydrogens (tertiary/aromatic N) is 3. The molecule has 3 heterocycles. The normalized spacial score (nSPS) is 20.6. The highest BCUT2D eigenvalue weighted by Gasteiger charge is 2.35. The maximum absolute atomic E-state index is 13.0. The molecule has 1 fully saturated rings. The second-order valence-electron chi connectivity index (χ2n) is 7.09. The first-order valence-electron chi connectivity index (χ1n) is 9.54. The lowest BCUT2D eigenvalue weighted by Gasteiger charge is -2.28. The van der Waals surface area contributed by atoms with Crippen LogP contribution < -0.4 is 4.74 Å². The summed E-state index contributed by atoms with van der Waals surface area (Å²) in [6, 6.07) is 11.4. The Morgan fingerprint density at radius 1 is 1.19 bits per heavy atom. The summed E-state index contributed by atoms with van der Waals surface area (Å²) in [5, 5.41) is 6.31. The molecule has 6 heteroatoms. The van der Waals surface area contributed by atoms with Gasteiger partial charge in [-0.05, 0) is 67.9 Å². The number of likely N-dealkylation sites (tertiary alicyclic amines) is 1. The predicted octanol–water partition coefficient (Wildman–Crippen LogP) is 3.45. The van der Waals surface area contributed by atoms with Crippen LogP contribution in [-0.4, -0.2) is 48.3 Å². The molecule has 27 heavy (non-hydrogen) atoms. The highest BCUT2D eigenvalue weighted by molar-refractivity contribution is 6.03. The lowest BCUT2D eigenvalue weighted by atomic mass is 10.0. The zero-order valence-electron chi connectivity index (χ0n) is 15.6. The van der Waals surface area contributed by atoms with Crippen LogP contribution in [0.3, 0.4) is 0 Å². The van der Waals surface area contributed by atoms with E-state index in [9.17, 15) is 4.79 Å². The van der Waals surface area contributed by atoms with Crippen molar-refractivity contribution in [3.05, 3.63) is 54.0 Å². The molecule has 1 aromatic carbocycles. The van der Waals surface area contributed by atoms with E-state index in [1.807, 2.05) is 36.4 Å². The van der Waals surface area contributed by atoms with Crippen LogP contribution in [0.1, 0.15) is 43.0 Å². The number of rotatable bonds is 5. The van der Waals surface area contributed by atoms with Crippen LogP contribution in [-0.2, 0) is 4.79 Å². The Balaban J connectivity index is 1.56. The molecule has 0 radical (unpaired) electrons. The van der Waals surface area contributed by atoms with Gasteiger partial charge in [0.15, 0.2) is 0 Å². The van der Waals surface area contributed by atoms with Gasteiger partial charge in [0.25, 0.3) is 5.91 Å². The molecule has 6 nitrogen and oxygen atoms in total. The molecule has 0 spiro atoms. The number of ether oxygens (including phenoxy) is 1. The Bertz CT molecular complexity index is 793. The number of amides is 1. The molecule has 0 saturated carbocycles. The van der Waals surface area contributed by atoms with E-state index in [0.717, 1.165) is 48.7 Å². The van der Waals surface area contributed by atoms with Crippen LogP contribution in [0.15, 0.2) is 52.2 Å². The number of carbonyl (C=O) groups excluding carboxylic acids is 1. The molecule has 1 unspecified atom stereocenters. The lowest BCUT2D eigenvalue weighted by Crippen LogP contribution is -2.40. The molecule has 0 aliphatic carbocycles. The molecule has 2 aromatic rings. The SMILES string of the molecule is COc1ccc(C2=NN(C(=O)CN3CCCCC3)C(c3ccco3)C2)cc1.